The molecule has 2 aromatic rings. The van der Waals surface area contributed by atoms with Gasteiger partial charge in [-0.2, -0.15) is 0 Å². The van der Waals surface area contributed by atoms with Crippen molar-refractivity contribution in [3.63, 3.8) is 0 Å². The van der Waals surface area contributed by atoms with E-state index >= 15 is 0 Å². The molecule has 1 N–H and O–H groups in total. The molecule has 0 saturated carbocycles. The van der Waals surface area contributed by atoms with E-state index in [0.29, 0.717) is 6.42 Å². The number of anilines is 1. The van der Waals surface area contributed by atoms with E-state index in [9.17, 15) is 20.2 Å². The topological polar surface area (TPSA) is 98.3 Å². The summed E-state index contributed by atoms with van der Waals surface area (Å²) in [5.41, 5.74) is 0.576. The van der Waals surface area contributed by atoms with E-state index in [1.807, 2.05) is 30.3 Å². The Morgan fingerprint density at radius 1 is 1.04 bits per heavy atom. The number of nitro benzene ring substituents is 2. The molecule has 7 nitrogen and oxygen atoms in total. The zero-order valence-electron chi connectivity index (χ0n) is 12.0. The van der Waals surface area contributed by atoms with Gasteiger partial charge in [0, 0.05) is 18.0 Å². The molecule has 0 bridgehead atoms. The van der Waals surface area contributed by atoms with Crippen molar-refractivity contribution in [1.82, 2.24) is 0 Å². The molecule has 0 aliphatic rings. The summed E-state index contributed by atoms with van der Waals surface area (Å²) in [6.07, 6.45) is 0.582. The van der Waals surface area contributed by atoms with Crippen LogP contribution in [0.1, 0.15) is 5.56 Å². The number of hydrogen-bond acceptors (Lipinski definition) is 5. The standard InChI is InChI=1S/C15H14ClN3O4/c16-10-12(8-11-4-2-1-3-5-11)17-14-7-6-13(18(20)21)9-15(14)19(22)23/h1-7,9,12,17H,8,10H2/t12-/m0/s1. The van der Waals surface area contributed by atoms with Crippen LogP contribution in [0.25, 0.3) is 0 Å². The Morgan fingerprint density at radius 3 is 2.30 bits per heavy atom. The maximum absolute atomic E-state index is 11.1. The van der Waals surface area contributed by atoms with Crippen LogP contribution in [0.5, 0.6) is 0 Å². The van der Waals surface area contributed by atoms with Crippen molar-refractivity contribution in [2.24, 2.45) is 0 Å². The Morgan fingerprint density at radius 2 is 1.74 bits per heavy atom. The lowest BCUT2D eigenvalue weighted by molar-refractivity contribution is -0.393. The van der Waals surface area contributed by atoms with Crippen molar-refractivity contribution in [1.29, 1.82) is 0 Å². The third kappa shape index (κ3) is 4.40. The fourth-order valence-electron chi connectivity index (χ4n) is 2.17. The van der Waals surface area contributed by atoms with Crippen molar-refractivity contribution >= 4 is 28.7 Å². The van der Waals surface area contributed by atoms with Crippen LogP contribution in [0.2, 0.25) is 0 Å². The molecule has 8 heteroatoms. The van der Waals surface area contributed by atoms with Crippen LogP contribution < -0.4 is 5.32 Å². The van der Waals surface area contributed by atoms with Crippen molar-refractivity contribution < 1.29 is 9.85 Å². The minimum atomic E-state index is -0.667. The lowest BCUT2D eigenvalue weighted by atomic mass is 10.1. The number of nitro groups is 2. The third-order valence-corrected chi connectivity index (χ3v) is 3.63. The van der Waals surface area contributed by atoms with Gasteiger partial charge in [-0.25, -0.2) is 0 Å². The van der Waals surface area contributed by atoms with Crippen molar-refractivity contribution in [3.05, 3.63) is 74.3 Å². The number of nitrogens with zero attached hydrogens (tertiary/aromatic N) is 2. The second kappa shape index (κ2) is 7.55. The van der Waals surface area contributed by atoms with E-state index in [4.69, 9.17) is 11.6 Å². The normalized spacial score (nSPS) is 11.7. The summed E-state index contributed by atoms with van der Waals surface area (Å²) in [5.74, 6) is 0.239. The summed E-state index contributed by atoms with van der Waals surface area (Å²) < 4.78 is 0. The second-order valence-electron chi connectivity index (χ2n) is 4.90. The highest BCUT2D eigenvalue weighted by Crippen LogP contribution is 2.29. The van der Waals surface area contributed by atoms with Crippen LogP contribution in [-0.2, 0) is 6.42 Å². The molecule has 0 aromatic heterocycles. The highest BCUT2D eigenvalue weighted by Gasteiger charge is 2.21. The van der Waals surface area contributed by atoms with Crippen LogP contribution in [0, 0.1) is 20.2 Å². The molecule has 2 rings (SSSR count). The number of non-ortho nitro benzene ring substituents is 1. The van der Waals surface area contributed by atoms with Crippen LogP contribution in [0.15, 0.2) is 48.5 Å². The van der Waals surface area contributed by atoms with Gasteiger partial charge in [-0.1, -0.05) is 30.3 Å². The van der Waals surface area contributed by atoms with Gasteiger partial charge in [0.2, 0.25) is 0 Å². The smallest absolute Gasteiger partial charge is 0.299 e. The van der Waals surface area contributed by atoms with Crippen LogP contribution in [-0.4, -0.2) is 21.8 Å². The monoisotopic (exact) mass is 335 g/mol. The lowest BCUT2D eigenvalue weighted by Crippen LogP contribution is -2.24. The number of alkyl halides is 1. The number of hydrogen-bond donors (Lipinski definition) is 1. The molecule has 0 spiro atoms. The molecular weight excluding hydrogens is 322 g/mol. The van der Waals surface area contributed by atoms with Crippen LogP contribution >= 0.6 is 11.6 Å². The molecule has 0 heterocycles. The molecule has 0 aliphatic carbocycles. The zero-order chi connectivity index (χ0) is 16.8. The zero-order valence-corrected chi connectivity index (χ0v) is 12.8. The van der Waals surface area contributed by atoms with Gasteiger partial charge in [0.05, 0.1) is 15.9 Å². The van der Waals surface area contributed by atoms with Crippen LogP contribution in [0.3, 0.4) is 0 Å². The first-order chi connectivity index (χ1) is 11.0. The van der Waals surface area contributed by atoms with Gasteiger partial charge < -0.3 is 5.32 Å². The summed E-state index contributed by atoms with van der Waals surface area (Å²) in [5, 5.41) is 24.9. The van der Waals surface area contributed by atoms with E-state index in [1.165, 1.54) is 12.1 Å². The predicted octanol–water partition coefficient (Wildman–Crippen LogP) is 3.77. The van der Waals surface area contributed by atoms with E-state index in [-0.39, 0.29) is 29.0 Å². The minimum absolute atomic E-state index is 0.210. The number of nitrogens with one attached hydrogen (secondary N) is 1. The van der Waals surface area contributed by atoms with Crippen molar-refractivity contribution in [2.45, 2.75) is 12.5 Å². The molecule has 0 radical (unpaired) electrons. The Hall–Kier alpha value is -2.67. The van der Waals surface area contributed by atoms with Gasteiger partial charge in [-0.15, -0.1) is 11.6 Å². The fourth-order valence-corrected chi connectivity index (χ4v) is 2.36. The Kier molecular flexibility index (Phi) is 5.48. The van der Waals surface area contributed by atoms with Crippen molar-refractivity contribution in [2.75, 3.05) is 11.2 Å². The third-order valence-electron chi connectivity index (χ3n) is 3.26. The van der Waals surface area contributed by atoms with Gasteiger partial charge in [-0.3, -0.25) is 20.2 Å². The molecule has 0 aliphatic heterocycles. The molecule has 2 aromatic carbocycles. The number of halogens is 1. The molecule has 1 atom stereocenters. The molecular formula is C15H14ClN3O4. The summed E-state index contributed by atoms with van der Waals surface area (Å²) in [4.78, 5) is 20.6. The average Bonchev–Trinajstić information content (AvgIpc) is 2.55. The molecule has 0 saturated heterocycles. The molecule has 0 amide bonds. The van der Waals surface area contributed by atoms with E-state index < -0.39 is 9.85 Å². The average molecular weight is 336 g/mol. The Labute approximate surface area is 137 Å². The van der Waals surface area contributed by atoms with Gasteiger partial charge in [0.15, 0.2) is 0 Å². The lowest BCUT2D eigenvalue weighted by Gasteiger charge is -2.17. The molecule has 0 unspecified atom stereocenters. The summed E-state index contributed by atoms with van der Waals surface area (Å²) in [6.45, 7) is 0. The summed E-state index contributed by atoms with van der Waals surface area (Å²) >= 11 is 5.94. The Bertz CT molecular complexity index is 709. The molecule has 120 valence electrons. The quantitative estimate of drug-likeness (QED) is 0.472. The number of rotatable bonds is 7. The maximum Gasteiger partial charge on any atom is 0.299 e. The van der Waals surface area contributed by atoms with Gasteiger partial charge in [0.1, 0.15) is 5.69 Å². The molecule has 0 fully saturated rings. The first-order valence-corrected chi connectivity index (χ1v) is 7.34. The minimum Gasteiger partial charge on any atom is -0.375 e. The van der Waals surface area contributed by atoms with Crippen molar-refractivity contribution in [3.8, 4) is 0 Å². The van der Waals surface area contributed by atoms with Gasteiger partial charge in [0.25, 0.3) is 11.4 Å². The molecule has 23 heavy (non-hydrogen) atoms. The van der Waals surface area contributed by atoms with Crippen LogP contribution in [0.4, 0.5) is 17.1 Å². The van der Waals surface area contributed by atoms with Gasteiger partial charge >= 0.3 is 0 Å². The predicted molar refractivity (Wildman–Crippen MR) is 88.0 cm³/mol. The van der Waals surface area contributed by atoms with E-state index in [1.54, 1.807) is 0 Å². The summed E-state index contributed by atoms with van der Waals surface area (Å²) in [6, 6.07) is 12.8. The van der Waals surface area contributed by atoms with E-state index in [0.717, 1.165) is 11.6 Å². The maximum atomic E-state index is 11.1. The van der Waals surface area contributed by atoms with Gasteiger partial charge in [-0.05, 0) is 18.1 Å². The highest BCUT2D eigenvalue weighted by molar-refractivity contribution is 6.18. The highest BCUT2D eigenvalue weighted by atomic mass is 35.5. The SMILES string of the molecule is O=[N+]([O-])c1ccc(N[C@H](CCl)Cc2ccccc2)c([N+](=O)[O-])c1. The first-order valence-electron chi connectivity index (χ1n) is 6.80. The second-order valence-corrected chi connectivity index (χ2v) is 5.21. The van der Waals surface area contributed by atoms with E-state index in [2.05, 4.69) is 5.32 Å². The fraction of sp³-hybridized carbons (Fsp3) is 0.200. The largest absolute Gasteiger partial charge is 0.375 e. The summed E-state index contributed by atoms with van der Waals surface area (Å²) in [7, 11) is 0. The first kappa shape index (κ1) is 16.7. The number of benzene rings is 2. The Balaban J connectivity index is 2.23.